The molecule has 3 atom stereocenters. The van der Waals surface area contributed by atoms with Crippen LogP contribution in [-0.4, -0.2) is 32.5 Å². The van der Waals surface area contributed by atoms with Crippen molar-refractivity contribution in [3.8, 4) is 16.9 Å². The number of ether oxygens (including phenoxy) is 1. The van der Waals surface area contributed by atoms with Gasteiger partial charge in [0.1, 0.15) is 5.75 Å². The SMILES string of the molecule is COc1ccccc1C1CC1(C(=O)O)N(c1ccc(-c2ccc(Cl)cc2)cc1)S(=O)[O-]. The summed E-state index contributed by atoms with van der Waals surface area (Å²) in [5.74, 6) is -1.20. The number of carbonyl (C=O) groups is 1. The molecule has 6 nitrogen and oxygen atoms in total. The highest BCUT2D eigenvalue weighted by Gasteiger charge is 2.66. The van der Waals surface area contributed by atoms with E-state index in [1.54, 1.807) is 60.7 Å². The van der Waals surface area contributed by atoms with Crippen molar-refractivity contribution in [2.45, 2.75) is 17.9 Å². The van der Waals surface area contributed by atoms with Crippen LogP contribution >= 0.6 is 11.6 Å². The van der Waals surface area contributed by atoms with E-state index in [2.05, 4.69) is 0 Å². The molecule has 160 valence electrons. The second-order valence-electron chi connectivity index (χ2n) is 7.29. The summed E-state index contributed by atoms with van der Waals surface area (Å²) in [5, 5.41) is 10.7. The Morgan fingerprint density at radius 3 is 2.23 bits per heavy atom. The van der Waals surface area contributed by atoms with Gasteiger partial charge in [-0.3, -0.25) is 8.51 Å². The molecule has 4 rings (SSSR count). The molecule has 3 unspecified atom stereocenters. The number of methoxy groups -OCH3 is 1. The first-order valence-electron chi connectivity index (χ1n) is 9.50. The Balaban J connectivity index is 1.71. The molecule has 0 heterocycles. The van der Waals surface area contributed by atoms with E-state index in [1.807, 2.05) is 12.1 Å². The maximum absolute atomic E-state index is 12.3. The summed E-state index contributed by atoms with van der Waals surface area (Å²) in [5.41, 5.74) is 1.12. The van der Waals surface area contributed by atoms with Crippen LogP contribution in [0.1, 0.15) is 17.9 Å². The fourth-order valence-corrected chi connectivity index (χ4v) is 4.97. The largest absolute Gasteiger partial charge is 0.755 e. The molecule has 1 aliphatic carbocycles. The Kier molecular flexibility index (Phi) is 5.75. The zero-order valence-corrected chi connectivity index (χ0v) is 18.1. The minimum atomic E-state index is -2.79. The number of nitrogens with zero attached hydrogens (tertiary/aromatic N) is 1. The minimum Gasteiger partial charge on any atom is -0.755 e. The fraction of sp³-hybridized carbons (Fsp3) is 0.174. The molecule has 31 heavy (non-hydrogen) atoms. The number of anilines is 1. The summed E-state index contributed by atoms with van der Waals surface area (Å²) >= 11 is 3.14. The maximum Gasteiger partial charge on any atom is 0.331 e. The standard InChI is InChI=1S/C23H20ClNO5S/c1-30-21-5-3-2-4-19(21)20-14-23(20,22(26)27)25(31(28)29)18-12-8-16(9-13-18)15-6-10-17(24)11-7-15/h2-13,20H,14H2,1H3,(H,26,27)(H,28,29)/p-1. The summed E-state index contributed by atoms with van der Waals surface area (Å²) in [6.07, 6.45) is 0.148. The predicted molar refractivity (Wildman–Crippen MR) is 119 cm³/mol. The van der Waals surface area contributed by atoms with Crippen LogP contribution in [0, 0.1) is 0 Å². The van der Waals surface area contributed by atoms with Crippen molar-refractivity contribution in [1.82, 2.24) is 0 Å². The Morgan fingerprint density at radius 1 is 1.10 bits per heavy atom. The summed E-state index contributed by atoms with van der Waals surface area (Å²) in [4.78, 5) is 12.3. The molecule has 0 amide bonds. The molecule has 1 saturated carbocycles. The van der Waals surface area contributed by atoms with Gasteiger partial charge in [0, 0.05) is 33.5 Å². The first kappa shape index (κ1) is 21.4. The third-order valence-corrected chi connectivity index (χ3v) is 6.69. The van der Waals surface area contributed by atoms with Gasteiger partial charge in [0.2, 0.25) is 0 Å². The first-order chi connectivity index (χ1) is 14.9. The van der Waals surface area contributed by atoms with Crippen LogP contribution in [0.25, 0.3) is 11.1 Å². The van der Waals surface area contributed by atoms with Gasteiger partial charge in [-0.1, -0.05) is 54.1 Å². The van der Waals surface area contributed by atoms with Gasteiger partial charge in [-0.05, 0) is 47.9 Å². The van der Waals surface area contributed by atoms with Crippen molar-refractivity contribution in [3.63, 3.8) is 0 Å². The topological polar surface area (TPSA) is 89.9 Å². The molecular formula is C23H19ClNO5S-. The van der Waals surface area contributed by atoms with Gasteiger partial charge in [-0.15, -0.1) is 0 Å². The molecule has 1 N–H and O–H groups in total. The van der Waals surface area contributed by atoms with E-state index < -0.39 is 28.7 Å². The van der Waals surface area contributed by atoms with Crippen LogP contribution < -0.4 is 9.04 Å². The summed E-state index contributed by atoms with van der Waals surface area (Å²) in [6, 6.07) is 21.1. The van der Waals surface area contributed by atoms with Crippen molar-refractivity contribution in [3.05, 3.63) is 83.4 Å². The Morgan fingerprint density at radius 2 is 1.68 bits per heavy atom. The van der Waals surface area contributed by atoms with E-state index in [0.717, 1.165) is 15.4 Å². The highest BCUT2D eigenvalue weighted by Crippen LogP contribution is 2.59. The fourth-order valence-electron chi connectivity index (χ4n) is 4.00. The molecule has 1 fully saturated rings. The van der Waals surface area contributed by atoms with Crippen LogP contribution in [0.15, 0.2) is 72.8 Å². The average molecular weight is 457 g/mol. The number of hydrogen-bond acceptors (Lipinski definition) is 4. The molecule has 8 heteroatoms. The van der Waals surface area contributed by atoms with Gasteiger partial charge in [0.05, 0.1) is 7.11 Å². The lowest BCUT2D eigenvalue weighted by molar-refractivity contribution is -0.139. The molecule has 3 aromatic carbocycles. The average Bonchev–Trinajstić information content (AvgIpc) is 3.51. The number of hydrogen-bond donors (Lipinski definition) is 1. The lowest BCUT2D eigenvalue weighted by Gasteiger charge is -2.33. The molecular weight excluding hydrogens is 438 g/mol. The molecule has 1 aliphatic rings. The van der Waals surface area contributed by atoms with Crippen molar-refractivity contribution >= 4 is 34.5 Å². The molecule has 0 bridgehead atoms. The number of para-hydroxylation sites is 1. The van der Waals surface area contributed by atoms with Gasteiger partial charge in [-0.25, -0.2) is 4.79 Å². The molecule has 0 radical (unpaired) electrons. The smallest absolute Gasteiger partial charge is 0.331 e. The van der Waals surface area contributed by atoms with E-state index >= 15 is 0 Å². The highest BCUT2D eigenvalue weighted by molar-refractivity contribution is 7.80. The van der Waals surface area contributed by atoms with Crippen LogP contribution in [0.2, 0.25) is 5.02 Å². The second kappa shape index (κ2) is 8.34. The van der Waals surface area contributed by atoms with E-state index in [4.69, 9.17) is 16.3 Å². The number of rotatable bonds is 7. The van der Waals surface area contributed by atoms with E-state index in [0.29, 0.717) is 16.3 Å². The van der Waals surface area contributed by atoms with Gasteiger partial charge >= 0.3 is 5.97 Å². The summed E-state index contributed by atoms with van der Waals surface area (Å²) < 4.78 is 30.8. The first-order valence-corrected chi connectivity index (χ1v) is 10.9. The molecule has 0 saturated heterocycles. The third kappa shape index (κ3) is 3.80. The van der Waals surface area contributed by atoms with Crippen LogP contribution in [0.4, 0.5) is 5.69 Å². The van der Waals surface area contributed by atoms with Gasteiger partial charge in [0.25, 0.3) is 0 Å². The number of benzene rings is 3. The Hall–Kier alpha value is -2.87. The number of carboxylic acids is 1. The summed E-state index contributed by atoms with van der Waals surface area (Å²) in [6.45, 7) is 0. The number of aliphatic carboxylic acids is 1. The highest BCUT2D eigenvalue weighted by atomic mass is 35.5. The molecule has 3 aromatic rings. The lowest BCUT2D eigenvalue weighted by Crippen LogP contribution is -2.46. The Labute approximate surface area is 187 Å². The van der Waals surface area contributed by atoms with Gasteiger partial charge < -0.3 is 14.4 Å². The van der Waals surface area contributed by atoms with Gasteiger partial charge in [-0.2, -0.15) is 0 Å². The van der Waals surface area contributed by atoms with E-state index in [9.17, 15) is 18.7 Å². The quantitative estimate of drug-likeness (QED) is 0.523. The molecule has 0 aliphatic heterocycles. The molecule has 0 spiro atoms. The maximum atomic E-state index is 12.3. The van der Waals surface area contributed by atoms with Crippen molar-refractivity contribution in [1.29, 1.82) is 0 Å². The van der Waals surface area contributed by atoms with Crippen molar-refractivity contribution in [2.24, 2.45) is 0 Å². The molecule has 0 aromatic heterocycles. The van der Waals surface area contributed by atoms with Crippen LogP contribution in [0.3, 0.4) is 0 Å². The van der Waals surface area contributed by atoms with Crippen LogP contribution in [-0.2, 0) is 16.1 Å². The van der Waals surface area contributed by atoms with E-state index in [-0.39, 0.29) is 12.1 Å². The summed E-state index contributed by atoms with van der Waals surface area (Å²) in [7, 11) is 1.50. The third-order valence-electron chi connectivity index (χ3n) is 5.61. The minimum absolute atomic E-state index is 0.148. The zero-order chi connectivity index (χ0) is 22.2. The predicted octanol–water partition coefficient (Wildman–Crippen LogP) is 4.63. The van der Waals surface area contributed by atoms with Crippen LogP contribution in [0.5, 0.6) is 5.75 Å². The second-order valence-corrected chi connectivity index (χ2v) is 8.53. The van der Waals surface area contributed by atoms with E-state index in [1.165, 1.54) is 7.11 Å². The van der Waals surface area contributed by atoms with Gasteiger partial charge in [0.15, 0.2) is 5.54 Å². The van der Waals surface area contributed by atoms with Crippen molar-refractivity contribution in [2.75, 3.05) is 11.4 Å². The van der Waals surface area contributed by atoms with Crippen molar-refractivity contribution < 1.29 is 23.4 Å². The monoisotopic (exact) mass is 456 g/mol. The zero-order valence-electron chi connectivity index (χ0n) is 16.5. The Bertz CT molecular complexity index is 1140. The normalized spacial score (nSPS) is 20.7. The number of halogens is 1. The lowest BCUT2D eigenvalue weighted by atomic mass is 10.0. The number of carboxylic acid groups (broad SMARTS) is 1.